The zero-order chi connectivity index (χ0) is 7.28. The van der Waals surface area contributed by atoms with Crippen molar-refractivity contribution in [3.8, 4) is 0 Å². The van der Waals surface area contributed by atoms with E-state index in [1.54, 1.807) is 0 Å². The smallest absolute Gasteiger partial charge is 0.339 e. The molecule has 0 saturated heterocycles. The SMILES string of the molecule is COCC(=O)OC(C)=O. The van der Waals surface area contributed by atoms with Gasteiger partial charge < -0.3 is 9.47 Å². The Morgan fingerprint density at radius 1 is 1.44 bits per heavy atom. The highest BCUT2D eigenvalue weighted by molar-refractivity contribution is 5.84. The minimum Gasteiger partial charge on any atom is -0.392 e. The normalized spacial score (nSPS) is 8.67. The lowest BCUT2D eigenvalue weighted by Crippen LogP contribution is -2.13. The molecule has 9 heavy (non-hydrogen) atoms. The van der Waals surface area contributed by atoms with Gasteiger partial charge >= 0.3 is 11.9 Å². The van der Waals surface area contributed by atoms with Gasteiger partial charge in [-0.1, -0.05) is 0 Å². The van der Waals surface area contributed by atoms with E-state index in [9.17, 15) is 9.59 Å². The summed E-state index contributed by atoms with van der Waals surface area (Å²) in [5.74, 6) is -1.28. The molecule has 4 heteroatoms. The summed E-state index contributed by atoms with van der Waals surface area (Å²) in [6.07, 6.45) is 0. The van der Waals surface area contributed by atoms with E-state index in [1.807, 2.05) is 0 Å². The maximum Gasteiger partial charge on any atom is 0.339 e. The van der Waals surface area contributed by atoms with E-state index in [0.29, 0.717) is 0 Å². The Kier molecular flexibility index (Phi) is 3.62. The standard InChI is InChI=1S/C5H8O4/c1-4(6)9-5(7)3-8-2/h3H2,1-2H3. The second-order valence-corrected chi connectivity index (χ2v) is 1.40. The van der Waals surface area contributed by atoms with Gasteiger partial charge in [-0.05, 0) is 0 Å². The molecule has 0 unspecified atom stereocenters. The van der Waals surface area contributed by atoms with Gasteiger partial charge in [0.15, 0.2) is 0 Å². The molecule has 0 aliphatic heterocycles. The van der Waals surface area contributed by atoms with Gasteiger partial charge in [-0.3, -0.25) is 4.79 Å². The van der Waals surface area contributed by atoms with E-state index in [0.717, 1.165) is 6.92 Å². The molecule has 0 atom stereocenters. The fourth-order valence-corrected chi connectivity index (χ4v) is 0.308. The molecule has 0 radical (unpaired) electrons. The molecule has 0 amide bonds. The van der Waals surface area contributed by atoms with Crippen LogP contribution in [0.5, 0.6) is 0 Å². The number of rotatable bonds is 2. The molecule has 0 aromatic heterocycles. The van der Waals surface area contributed by atoms with E-state index in [4.69, 9.17) is 0 Å². The van der Waals surface area contributed by atoms with Gasteiger partial charge in [0, 0.05) is 14.0 Å². The summed E-state index contributed by atoms with van der Waals surface area (Å²) in [5.41, 5.74) is 0. The number of carbonyl (C=O) groups excluding carboxylic acids is 2. The Morgan fingerprint density at radius 2 is 2.00 bits per heavy atom. The van der Waals surface area contributed by atoms with Crippen LogP contribution in [0.1, 0.15) is 6.92 Å². The second kappa shape index (κ2) is 4.03. The molecule has 0 aliphatic rings. The quantitative estimate of drug-likeness (QED) is 0.383. The van der Waals surface area contributed by atoms with E-state index < -0.39 is 11.9 Å². The summed E-state index contributed by atoms with van der Waals surface area (Å²) in [4.78, 5) is 20.3. The molecule has 0 aromatic rings. The summed E-state index contributed by atoms with van der Waals surface area (Å²) in [6, 6.07) is 0. The Labute approximate surface area is 52.7 Å². The average molecular weight is 132 g/mol. The minimum absolute atomic E-state index is 0.181. The summed E-state index contributed by atoms with van der Waals surface area (Å²) in [7, 11) is 1.35. The van der Waals surface area contributed by atoms with Gasteiger partial charge in [-0.15, -0.1) is 0 Å². The molecule has 52 valence electrons. The number of hydrogen-bond acceptors (Lipinski definition) is 4. The predicted molar refractivity (Wildman–Crippen MR) is 28.6 cm³/mol. The Bertz CT molecular complexity index is 118. The fraction of sp³-hybridized carbons (Fsp3) is 0.600. The van der Waals surface area contributed by atoms with Crippen LogP contribution >= 0.6 is 0 Å². The molecule has 0 rings (SSSR count). The van der Waals surface area contributed by atoms with Crippen molar-refractivity contribution in [3.63, 3.8) is 0 Å². The molecular weight excluding hydrogens is 124 g/mol. The van der Waals surface area contributed by atoms with Crippen molar-refractivity contribution in [2.75, 3.05) is 13.7 Å². The third-order valence-corrected chi connectivity index (χ3v) is 0.520. The fourth-order valence-electron chi connectivity index (χ4n) is 0.308. The van der Waals surface area contributed by atoms with Crippen LogP contribution in [0.25, 0.3) is 0 Å². The molecule has 0 fully saturated rings. The molecule has 0 aromatic carbocycles. The first-order chi connectivity index (χ1) is 4.16. The van der Waals surface area contributed by atoms with Crippen molar-refractivity contribution in [1.29, 1.82) is 0 Å². The van der Waals surface area contributed by atoms with Crippen molar-refractivity contribution in [3.05, 3.63) is 0 Å². The largest absolute Gasteiger partial charge is 0.392 e. The number of ether oxygens (including phenoxy) is 2. The number of hydrogen-bond donors (Lipinski definition) is 0. The molecule has 0 aliphatic carbocycles. The molecule has 0 N–H and O–H groups in total. The zero-order valence-corrected chi connectivity index (χ0v) is 5.34. The molecule has 0 spiro atoms. The number of esters is 2. The Morgan fingerprint density at radius 3 is 2.33 bits per heavy atom. The first kappa shape index (κ1) is 8.10. The first-order valence-corrected chi connectivity index (χ1v) is 2.37. The van der Waals surface area contributed by atoms with E-state index in [2.05, 4.69) is 9.47 Å². The number of methoxy groups -OCH3 is 1. The van der Waals surface area contributed by atoms with Crippen molar-refractivity contribution in [1.82, 2.24) is 0 Å². The summed E-state index contributed by atoms with van der Waals surface area (Å²) in [6.45, 7) is 0.979. The summed E-state index contributed by atoms with van der Waals surface area (Å²) < 4.78 is 8.47. The Balaban J connectivity index is 3.39. The van der Waals surface area contributed by atoms with Crippen LogP contribution in [0.2, 0.25) is 0 Å². The van der Waals surface area contributed by atoms with E-state index in [1.165, 1.54) is 7.11 Å². The van der Waals surface area contributed by atoms with Gasteiger partial charge in [0.2, 0.25) is 0 Å². The van der Waals surface area contributed by atoms with Crippen molar-refractivity contribution in [2.24, 2.45) is 0 Å². The van der Waals surface area contributed by atoms with Crippen LogP contribution in [0.15, 0.2) is 0 Å². The van der Waals surface area contributed by atoms with Crippen LogP contribution in [0.4, 0.5) is 0 Å². The third kappa shape index (κ3) is 4.96. The molecule has 0 heterocycles. The van der Waals surface area contributed by atoms with Crippen molar-refractivity contribution in [2.45, 2.75) is 6.92 Å². The average Bonchev–Trinajstić information content (AvgIpc) is 1.63. The monoisotopic (exact) mass is 132 g/mol. The lowest BCUT2D eigenvalue weighted by atomic mass is 10.7. The first-order valence-electron chi connectivity index (χ1n) is 2.37. The number of carbonyl (C=O) groups is 2. The molecular formula is C5H8O4. The van der Waals surface area contributed by atoms with Crippen LogP contribution in [-0.2, 0) is 19.1 Å². The van der Waals surface area contributed by atoms with Gasteiger partial charge in [-0.2, -0.15) is 0 Å². The summed E-state index contributed by atoms with van der Waals surface area (Å²) in [5, 5.41) is 0. The highest BCUT2D eigenvalue weighted by Crippen LogP contribution is 1.78. The second-order valence-electron chi connectivity index (χ2n) is 1.40. The topological polar surface area (TPSA) is 52.6 Å². The van der Waals surface area contributed by atoms with Gasteiger partial charge in [-0.25, -0.2) is 4.79 Å². The van der Waals surface area contributed by atoms with E-state index >= 15 is 0 Å². The highest BCUT2D eigenvalue weighted by atomic mass is 16.6. The third-order valence-electron chi connectivity index (χ3n) is 0.520. The predicted octanol–water partition coefficient (Wildman–Crippen LogP) is -0.277. The molecule has 0 bridgehead atoms. The zero-order valence-electron chi connectivity index (χ0n) is 5.34. The lowest BCUT2D eigenvalue weighted by Gasteiger charge is -1.95. The van der Waals surface area contributed by atoms with Crippen LogP contribution in [-0.4, -0.2) is 25.7 Å². The van der Waals surface area contributed by atoms with E-state index in [-0.39, 0.29) is 6.61 Å². The van der Waals surface area contributed by atoms with Gasteiger partial charge in [0.25, 0.3) is 0 Å². The van der Waals surface area contributed by atoms with Gasteiger partial charge in [0.05, 0.1) is 0 Å². The maximum absolute atomic E-state index is 10.3. The molecule has 4 nitrogen and oxygen atoms in total. The van der Waals surface area contributed by atoms with Gasteiger partial charge in [0.1, 0.15) is 6.61 Å². The van der Waals surface area contributed by atoms with Crippen LogP contribution in [0, 0.1) is 0 Å². The van der Waals surface area contributed by atoms with Crippen LogP contribution < -0.4 is 0 Å². The highest BCUT2D eigenvalue weighted by Gasteiger charge is 2.02. The lowest BCUT2D eigenvalue weighted by molar-refractivity contribution is -0.160. The maximum atomic E-state index is 10.3. The van der Waals surface area contributed by atoms with Crippen molar-refractivity contribution < 1.29 is 19.1 Å². The molecule has 0 saturated carbocycles. The summed E-state index contributed by atoms with van der Waals surface area (Å²) >= 11 is 0. The minimum atomic E-state index is -0.662. The van der Waals surface area contributed by atoms with Crippen LogP contribution in [0.3, 0.4) is 0 Å². The van der Waals surface area contributed by atoms with Crippen molar-refractivity contribution >= 4 is 11.9 Å². The Hall–Kier alpha value is -0.900.